The van der Waals surface area contributed by atoms with Crippen LogP contribution in [0.1, 0.15) is 12.5 Å². The summed E-state index contributed by atoms with van der Waals surface area (Å²) in [6, 6.07) is 4.83. The normalized spacial score (nSPS) is 10.3. The molecular formula is C13H14BrFN4. The summed E-state index contributed by atoms with van der Waals surface area (Å²) in [5, 5.41) is 6.17. The van der Waals surface area contributed by atoms with Crippen LogP contribution in [0.2, 0.25) is 0 Å². The summed E-state index contributed by atoms with van der Waals surface area (Å²) >= 11 is 3.38. The first-order valence-corrected chi connectivity index (χ1v) is 6.69. The van der Waals surface area contributed by atoms with Gasteiger partial charge in [0.2, 0.25) is 5.95 Å². The van der Waals surface area contributed by atoms with E-state index in [1.54, 1.807) is 25.3 Å². The third-order valence-corrected chi connectivity index (χ3v) is 3.08. The van der Waals surface area contributed by atoms with E-state index in [1.807, 2.05) is 6.92 Å². The van der Waals surface area contributed by atoms with E-state index in [2.05, 4.69) is 36.5 Å². The molecule has 2 rings (SSSR count). The molecular weight excluding hydrogens is 311 g/mol. The van der Waals surface area contributed by atoms with Crippen LogP contribution in [0.3, 0.4) is 0 Å². The van der Waals surface area contributed by atoms with Gasteiger partial charge < -0.3 is 10.6 Å². The minimum atomic E-state index is -0.222. The summed E-state index contributed by atoms with van der Waals surface area (Å²) in [5.74, 6) is 0.963. The summed E-state index contributed by atoms with van der Waals surface area (Å²) in [4.78, 5) is 8.47. The Kier molecular flexibility index (Phi) is 4.31. The molecule has 2 aromatic rings. The topological polar surface area (TPSA) is 49.8 Å². The number of anilines is 3. The molecule has 0 fully saturated rings. The van der Waals surface area contributed by atoms with Crippen molar-refractivity contribution in [2.75, 3.05) is 17.2 Å². The van der Waals surface area contributed by atoms with Crippen molar-refractivity contribution in [1.82, 2.24) is 9.97 Å². The number of nitrogens with one attached hydrogen (secondary N) is 2. The SMILES string of the molecule is CCNc1ncc(Br)c(Nc2ccc(F)c(C)c2)n1. The minimum Gasteiger partial charge on any atom is -0.354 e. The van der Waals surface area contributed by atoms with E-state index < -0.39 is 0 Å². The fourth-order valence-electron chi connectivity index (χ4n) is 1.56. The molecule has 1 aromatic carbocycles. The summed E-state index contributed by atoms with van der Waals surface area (Å²) < 4.78 is 14.0. The van der Waals surface area contributed by atoms with Crippen molar-refractivity contribution in [3.8, 4) is 0 Å². The van der Waals surface area contributed by atoms with Gasteiger partial charge in [0.15, 0.2) is 0 Å². The largest absolute Gasteiger partial charge is 0.354 e. The van der Waals surface area contributed by atoms with Crippen molar-refractivity contribution in [2.45, 2.75) is 13.8 Å². The number of nitrogens with zero attached hydrogens (tertiary/aromatic N) is 2. The van der Waals surface area contributed by atoms with E-state index in [4.69, 9.17) is 0 Å². The summed E-state index contributed by atoms with van der Waals surface area (Å²) in [7, 11) is 0. The van der Waals surface area contributed by atoms with Gasteiger partial charge in [0.1, 0.15) is 11.6 Å². The van der Waals surface area contributed by atoms with Crippen LogP contribution in [0.4, 0.5) is 21.8 Å². The van der Waals surface area contributed by atoms with Gasteiger partial charge in [-0.1, -0.05) is 0 Å². The summed E-state index contributed by atoms with van der Waals surface area (Å²) in [6.45, 7) is 4.44. The van der Waals surface area contributed by atoms with Crippen molar-refractivity contribution < 1.29 is 4.39 Å². The van der Waals surface area contributed by atoms with Crippen molar-refractivity contribution >= 4 is 33.4 Å². The predicted molar refractivity (Wildman–Crippen MR) is 78.3 cm³/mol. The molecule has 2 N–H and O–H groups in total. The standard InChI is InChI=1S/C13H14BrFN4/c1-3-16-13-17-7-10(14)12(19-13)18-9-4-5-11(15)8(2)6-9/h4-7H,3H2,1-2H3,(H2,16,17,18,19). The molecule has 0 unspecified atom stereocenters. The molecule has 0 aliphatic rings. The van der Waals surface area contributed by atoms with E-state index in [0.29, 0.717) is 17.3 Å². The second kappa shape index (κ2) is 5.97. The smallest absolute Gasteiger partial charge is 0.224 e. The van der Waals surface area contributed by atoms with Crippen LogP contribution in [-0.4, -0.2) is 16.5 Å². The Balaban J connectivity index is 2.26. The Morgan fingerprint density at radius 1 is 1.37 bits per heavy atom. The van der Waals surface area contributed by atoms with Crippen molar-refractivity contribution in [1.29, 1.82) is 0 Å². The maximum absolute atomic E-state index is 13.2. The molecule has 6 heteroatoms. The number of aromatic nitrogens is 2. The number of benzene rings is 1. The second-order valence-electron chi connectivity index (χ2n) is 4.01. The molecule has 0 aliphatic heterocycles. The molecule has 19 heavy (non-hydrogen) atoms. The number of halogens is 2. The van der Waals surface area contributed by atoms with Crippen LogP contribution in [0, 0.1) is 12.7 Å². The molecule has 0 amide bonds. The van der Waals surface area contributed by atoms with Crippen LogP contribution in [0.25, 0.3) is 0 Å². The molecule has 0 saturated heterocycles. The molecule has 1 heterocycles. The van der Waals surface area contributed by atoms with Gasteiger partial charge in [-0.2, -0.15) is 4.98 Å². The highest BCUT2D eigenvalue weighted by atomic mass is 79.9. The molecule has 1 aromatic heterocycles. The molecule has 0 aliphatic carbocycles. The van der Waals surface area contributed by atoms with E-state index in [1.165, 1.54) is 6.07 Å². The molecule has 4 nitrogen and oxygen atoms in total. The van der Waals surface area contributed by atoms with E-state index in [-0.39, 0.29) is 5.82 Å². The van der Waals surface area contributed by atoms with Gasteiger partial charge in [0.25, 0.3) is 0 Å². The zero-order valence-corrected chi connectivity index (χ0v) is 12.3. The first-order chi connectivity index (χ1) is 9.10. The maximum atomic E-state index is 13.2. The fourth-order valence-corrected chi connectivity index (χ4v) is 1.85. The number of aryl methyl sites for hydroxylation is 1. The van der Waals surface area contributed by atoms with Crippen LogP contribution in [0.5, 0.6) is 0 Å². The van der Waals surface area contributed by atoms with Gasteiger partial charge in [0.05, 0.1) is 4.47 Å². The number of hydrogen-bond donors (Lipinski definition) is 2. The van der Waals surface area contributed by atoms with Crippen molar-refractivity contribution in [3.05, 3.63) is 40.2 Å². The molecule has 0 radical (unpaired) electrons. The van der Waals surface area contributed by atoms with Crippen LogP contribution in [-0.2, 0) is 0 Å². The van der Waals surface area contributed by atoms with Crippen LogP contribution in [0.15, 0.2) is 28.9 Å². The molecule has 0 atom stereocenters. The first-order valence-electron chi connectivity index (χ1n) is 5.89. The van der Waals surface area contributed by atoms with Gasteiger partial charge in [-0.3, -0.25) is 0 Å². The average molecular weight is 325 g/mol. The third-order valence-electron chi connectivity index (χ3n) is 2.50. The highest BCUT2D eigenvalue weighted by Gasteiger charge is 2.06. The average Bonchev–Trinajstić information content (AvgIpc) is 2.38. The van der Waals surface area contributed by atoms with Gasteiger partial charge in [-0.25, -0.2) is 9.37 Å². The van der Waals surface area contributed by atoms with Crippen molar-refractivity contribution in [2.24, 2.45) is 0 Å². The number of hydrogen-bond acceptors (Lipinski definition) is 4. The summed E-state index contributed by atoms with van der Waals surface area (Å²) in [6.07, 6.45) is 1.67. The Bertz CT molecular complexity index is 589. The van der Waals surface area contributed by atoms with Gasteiger partial charge in [-0.15, -0.1) is 0 Å². The zero-order valence-electron chi connectivity index (χ0n) is 10.7. The lowest BCUT2D eigenvalue weighted by Crippen LogP contribution is -2.04. The molecule has 100 valence electrons. The highest BCUT2D eigenvalue weighted by molar-refractivity contribution is 9.10. The van der Waals surface area contributed by atoms with Gasteiger partial charge >= 0.3 is 0 Å². The van der Waals surface area contributed by atoms with Gasteiger partial charge in [-0.05, 0) is 53.5 Å². The second-order valence-corrected chi connectivity index (χ2v) is 4.86. The Labute approximate surface area is 119 Å². The fraction of sp³-hybridized carbons (Fsp3) is 0.231. The lowest BCUT2D eigenvalue weighted by molar-refractivity contribution is 0.619. The zero-order chi connectivity index (χ0) is 13.8. The lowest BCUT2D eigenvalue weighted by Gasteiger charge is -2.10. The Morgan fingerprint density at radius 3 is 2.84 bits per heavy atom. The minimum absolute atomic E-state index is 0.222. The Hall–Kier alpha value is -1.69. The van der Waals surface area contributed by atoms with E-state index in [0.717, 1.165) is 16.7 Å². The third kappa shape index (κ3) is 3.41. The highest BCUT2D eigenvalue weighted by Crippen LogP contribution is 2.25. The quantitative estimate of drug-likeness (QED) is 0.896. The summed E-state index contributed by atoms with van der Waals surface area (Å²) in [5.41, 5.74) is 1.36. The first kappa shape index (κ1) is 13.7. The Morgan fingerprint density at radius 2 is 2.16 bits per heavy atom. The number of rotatable bonds is 4. The predicted octanol–water partition coefficient (Wildman–Crippen LogP) is 3.86. The maximum Gasteiger partial charge on any atom is 0.224 e. The molecule has 0 bridgehead atoms. The molecule has 0 saturated carbocycles. The van der Waals surface area contributed by atoms with Crippen molar-refractivity contribution in [3.63, 3.8) is 0 Å². The van der Waals surface area contributed by atoms with Gasteiger partial charge in [0, 0.05) is 18.4 Å². The van der Waals surface area contributed by atoms with Crippen LogP contribution < -0.4 is 10.6 Å². The van der Waals surface area contributed by atoms with Crippen LogP contribution >= 0.6 is 15.9 Å². The van der Waals surface area contributed by atoms with E-state index >= 15 is 0 Å². The van der Waals surface area contributed by atoms with E-state index in [9.17, 15) is 4.39 Å². The molecule has 0 spiro atoms. The lowest BCUT2D eigenvalue weighted by atomic mass is 10.2. The monoisotopic (exact) mass is 324 g/mol.